The Morgan fingerprint density at radius 2 is 0.913 bits per heavy atom. The highest BCUT2D eigenvalue weighted by Crippen LogP contribution is 2.46. The van der Waals surface area contributed by atoms with E-state index in [1.807, 2.05) is 0 Å². The van der Waals surface area contributed by atoms with Gasteiger partial charge in [-0.05, 0) is 12.8 Å². The maximum absolute atomic E-state index is 12.5. The molecule has 1 aliphatic carbocycles. The molecular formula is C18H34OS4. The molecule has 0 radical (unpaired) electrons. The van der Waals surface area contributed by atoms with Crippen molar-refractivity contribution in [2.24, 2.45) is 0 Å². The summed E-state index contributed by atoms with van der Waals surface area (Å²) in [5, 5.41) is 0. The molecule has 0 N–H and O–H groups in total. The van der Waals surface area contributed by atoms with E-state index in [9.17, 15) is 4.79 Å². The summed E-state index contributed by atoms with van der Waals surface area (Å²) in [6.45, 7) is 0. The van der Waals surface area contributed by atoms with E-state index in [0.717, 1.165) is 25.7 Å². The molecule has 0 spiro atoms. The summed E-state index contributed by atoms with van der Waals surface area (Å²) in [6.07, 6.45) is 17.5. The van der Waals surface area contributed by atoms with Crippen LogP contribution in [-0.2, 0) is 4.79 Å². The lowest BCUT2D eigenvalue weighted by Crippen LogP contribution is -2.44. The van der Waals surface area contributed by atoms with Gasteiger partial charge in [-0.1, -0.05) is 77.0 Å². The second-order valence-corrected chi connectivity index (χ2v) is 10.6. The van der Waals surface area contributed by atoms with E-state index in [1.165, 1.54) is 64.2 Å². The van der Waals surface area contributed by atoms with Crippen molar-refractivity contribution in [3.05, 3.63) is 0 Å². The van der Waals surface area contributed by atoms with Crippen LogP contribution < -0.4 is 0 Å². The monoisotopic (exact) mass is 394 g/mol. The number of ketones is 1. The van der Waals surface area contributed by atoms with E-state index in [2.05, 4.69) is 50.5 Å². The minimum absolute atomic E-state index is 0.0651. The normalized spacial score (nSPS) is 26.2. The van der Waals surface area contributed by atoms with Gasteiger partial charge in [0.15, 0.2) is 5.78 Å². The third-order valence-electron chi connectivity index (χ3n) is 4.88. The molecule has 0 amide bonds. The van der Waals surface area contributed by atoms with Crippen LogP contribution in [0, 0.1) is 0 Å². The van der Waals surface area contributed by atoms with Crippen molar-refractivity contribution in [1.82, 2.24) is 0 Å². The molecule has 0 bridgehead atoms. The van der Waals surface area contributed by atoms with Crippen LogP contribution >= 0.6 is 50.5 Å². The van der Waals surface area contributed by atoms with Crippen LogP contribution in [0.3, 0.4) is 0 Å². The summed E-state index contributed by atoms with van der Waals surface area (Å²) in [5.41, 5.74) is 0. The van der Waals surface area contributed by atoms with Gasteiger partial charge >= 0.3 is 0 Å². The SMILES string of the molecule is O=C1CCCCCCCCCCCCCCCC(S)(S)C1(S)S. The Morgan fingerprint density at radius 1 is 0.565 bits per heavy atom. The van der Waals surface area contributed by atoms with Gasteiger partial charge in [0.05, 0.1) is 4.08 Å². The molecule has 0 heterocycles. The topological polar surface area (TPSA) is 17.1 Å². The highest BCUT2D eigenvalue weighted by atomic mass is 32.2. The van der Waals surface area contributed by atoms with E-state index in [4.69, 9.17) is 0 Å². The first-order chi connectivity index (χ1) is 10.9. The Hall–Kier alpha value is 1.07. The lowest BCUT2D eigenvalue weighted by atomic mass is 9.99. The van der Waals surface area contributed by atoms with Crippen molar-refractivity contribution in [2.45, 2.75) is 104 Å². The van der Waals surface area contributed by atoms with Gasteiger partial charge in [0.2, 0.25) is 0 Å². The number of hydrogen-bond donors (Lipinski definition) is 4. The second-order valence-electron chi connectivity index (χ2n) is 7.01. The molecule has 0 unspecified atom stereocenters. The Kier molecular flexibility index (Phi) is 11.2. The average Bonchev–Trinajstić information content (AvgIpc) is 2.49. The Balaban J connectivity index is 2.53. The molecule has 0 saturated heterocycles. The summed E-state index contributed by atoms with van der Waals surface area (Å²) in [7, 11) is 0. The maximum atomic E-state index is 12.5. The smallest absolute Gasteiger partial charge is 0.160 e. The molecule has 5 heteroatoms. The zero-order valence-electron chi connectivity index (χ0n) is 14.3. The number of rotatable bonds is 0. The number of hydrogen-bond acceptors (Lipinski definition) is 5. The fraction of sp³-hybridized carbons (Fsp3) is 0.944. The van der Waals surface area contributed by atoms with Gasteiger partial charge in [-0.25, -0.2) is 0 Å². The molecule has 0 aliphatic heterocycles. The van der Waals surface area contributed by atoms with Gasteiger partial charge in [0, 0.05) is 6.42 Å². The average molecular weight is 395 g/mol. The van der Waals surface area contributed by atoms with Crippen molar-refractivity contribution < 1.29 is 4.79 Å². The van der Waals surface area contributed by atoms with E-state index in [-0.39, 0.29) is 5.78 Å². The number of carbonyl (C=O) groups is 1. The fourth-order valence-electron chi connectivity index (χ4n) is 3.17. The van der Waals surface area contributed by atoms with Gasteiger partial charge in [-0.2, -0.15) is 50.5 Å². The third kappa shape index (κ3) is 8.33. The first-order valence-electron chi connectivity index (χ1n) is 9.31. The zero-order chi connectivity index (χ0) is 17.2. The Morgan fingerprint density at radius 3 is 1.35 bits per heavy atom. The molecule has 0 atom stereocenters. The van der Waals surface area contributed by atoms with E-state index < -0.39 is 8.16 Å². The van der Waals surface area contributed by atoms with E-state index >= 15 is 0 Å². The molecular weight excluding hydrogens is 360 g/mol. The van der Waals surface area contributed by atoms with Crippen LogP contribution in [0.4, 0.5) is 0 Å². The molecule has 0 aromatic carbocycles. The summed E-state index contributed by atoms with van der Waals surface area (Å²) >= 11 is 18.3. The molecule has 23 heavy (non-hydrogen) atoms. The van der Waals surface area contributed by atoms with E-state index in [1.54, 1.807) is 0 Å². The maximum Gasteiger partial charge on any atom is 0.160 e. The summed E-state index contributed by atoms with van der Waals surface area (Å²) in [5.74, 6) is 0.0651. The standard InChI is InChI=1S/C18H34OS4/c19-16-14-12-10-8-6-4-2-1-3-5-7-9-11-13-15-17(20,21)18(16,22)23/h20-23H,1-15H2. The summed E-state index contributed by atoms with van der Waals surface area (Å²) < 4.78 is -1.83. The highest BCUT2D eigenvalue weighted by Gasteiger charge is 2.46. The molecule has 1 rings (SSSR count). The van der Waals surface area contributed by atoms with Gasteiger partial charge in [-0.15, -0.1) is 0 Å². The number of thiol groups is 4. The van der Waals surface area contributed by atoms with Crippen LogP contribution in [0.15, 0.2) is 0 Å². The summed E-state index contributed by atoms with van der Waals surface area (Å²) in [6, 6.07) is 0. The first-order valence-corrected chi connectivity index (χ1v) is 11.1. The molecule has 1 saturated carbocycles. The van der Waals surface area contributed by atoms with Gasteiger partial charge < -0.3 is 0 Å². The third-order valence-corrected chi connectivity index (χ3v) is 7.96. The molecule has 1 aliphatic rings. The molecule has 1 nitrogen and oxygen atoms in total. The number of carbonyl (C=O) groups excluding carboxylic acids is 1. The highest BCUT2D eigenvalue weighted by molar-refractivity contribution is 8.09. The van der Waals surface area contributed by atoms with Crippen LogP contribution in [0.5, 0.6) is 0 Å². The lowest BCUT2D eigenvalue weighted by molar-refractivity contribution is -0.119. The fourth-order valence-corrected chi connectivity index (χ4v) is 4.19. The van der Waals surface area contributed by atoms with Gasteiger partial charge in [0.1, 0.15) is 4.08 Å². The van der Waals surface area contributed by atoms with Crippen molar-refractivity contribution >= 4 is 56.3 Å². The molecule has 136 valence electrons. The number of Topliss-reactive ketones (excluding diaryl/α,β-unsaturated/α-hetero) is 1. The van der Waals surface area contributed by atoms with Crippen LogP contribution in [0.1, 0.15) is 96.3 Å². The summed E-state index contributed by atoms with van der Waals surface area (Å²) in [4.78, 5) is 12.5. The second kappa shape index (κ2) is 11.6. The predicted molar refractivity (Wildman–Crippen MR) is 116 cm³/mol. The van der Waals surface area contributed by atoms with Crippen molar-refractivity contribution in [3.8, 4) is 0 Å². The largest absolute Gasteiger partial charge is 0.297 e. The molecule has 0 aromatic heterocycles. The van der Waals surface area contributed by atoms with Crippen molar-refractivity contribution in [3.63, 3.8) is 0 Å². The van der Waals surface area contributed by atoms with E-state index in [0.29, 0.717) is 6.42 Å². The predicted octanol–water partition coefficient (Wildman–Crippen LogP) is 6.53. The van der Waals surface area contributed by atoms with Gasteiger partial charge in [0.25, 0.3) is 0 Å². The zero-order valence-corrected chi connectivity index (χ0v) is 17.9. The molecule has 1 fully saturated rings. The van der Waals surface area contributed by atoms with Crippen LogP contribution in [0.25, 0.3) is 0 Å². The van der Waals surface area contributed by atoms with Crippen molar-refractivity contribution in [1.29, 1.82) is 0 Å². The minimum atomic E-state index is -1.06. The van der Waals surface area contributed by atoms with Crippen LogP contribution in [-0.4, -0.2) is 13.9 Å². The quantitative estimate of drug-likeness (QED) is 0.271. The minimum Gasteiger partial charge on any atom is -0.297 e. The molecule has 0 aromatic rings. The Bertz CT molecular complexity index is 342. The van der Waals surface area contributed by atoms with Crippen molar-refractivity contribution in [2.75, 3.05) is 0 Å². The lowest BCUT2D eigenvalue weighted by Gasteiger charge is -2.36. The Labute approximate surface area is 165 Å². The first kappa shape index (κ1) is 22.1. The van der Waals surface area contributed by atoms with Crippen LogP contribution in [0.2, 0.25) is 0 Å². The van der Waals surface area contributed by atoms with Gasteiger partial charge in [-0.3, -0.25) is 4.79 Å².